The first-order valence-corrected chi connectivity index (χ1v) is 10.2. The van der Waals surface area contributed by atoms with Gasteiger partial charge in [0.05, 0.1) is 26.8 Å². The molecule has 144 valence electrons. The normalized spacial score (nSPS) is 10.7. The van der Waals surface area contributed by atoms with Crippen molar-refractivity contribution in [3.8, 4) is 11.3 Å². The van der Waals surface area contributed by atoms with Crippen LogP contribution in [0, 0.1) is 0 Å². The summed E-state index contributed by atoms with van der Waals surface area (Å²) in [5, 5.41) is 3.69. The molecule has 1 amide bonds. The quantitative estimate of drug-likeness (QED) is 0.421. The molecule has 0 unspecified atom stereocenters. The summed E-state index contributed by atoms with van der Waals surface area (Å²) in [6.45, 7) is -0.409. The number of esters is 1. The first kappa shape index (κ1) is 19.2. The zero-order chi connectivity index (χ0) is 20.2. The fraction of sp³-hybridized carbons (Fsp3) is 0.0476. The van der Waals surface area contributed by atoms with Crippen molar-refractivity contribution in [2.45, 2.75) is 0 Å². The highest BCUT2D eigenvalue weighted by Crippen LogP contribution is 2.26. The molecule has 0 atom stereocenters. The molecule has 0 aliphatic heterocycles. The minimum atomic E-state index is -0.587. The van der Waals surface area contributed by atoms with Crippen LogP contribution in [0.2, 0.25) is 0 Å². The third-order valence-electron chi connectivity index (χ3n) is 4.06. The van der Waals surface area contributed by atoms with Gasteiger partial charge in [-0.2, -0.15) is 0 Å². The summed E-state index contributed by atoms with van der Waals surface area (Å²) in [5.41, 5.74) is 2.59. The van der Waals surface area contributed by atoms with E-state index in [1.165, 1.54) is 11.3 Å². The molecule has 2 aromatic heterocycles. The number of ether oxygens (including phenoxy) is 1. The number of para-hydroxylation sites is 1. The number of hydrogen-bond acceptors (Lipinski definition) is 6. The van der Waals surface area contributed by atoms with E-state index >= 15 is 0 Å². The van der Waals surface area contributed by atoms with Gasteiger partial charge >= 0.3 is 5.97 Å². The number of rotatable bonds is 5. The Morgan fingerprint density at radius 1 is 1.07 bits per heavy atom. The Morgan fingerprint density at radius 3 is 2.59 bits per heavy atom. The van der Waals surface area contributed by atoms with Crippen LogP contribution in [0.1, 0.15) is 10.4 Å². The first-order valence-electron chi connectivity index (χ1n) is 8.63. The van der Waals surface area contributed by atoms with Gasteiger partial charge in [0.1, 0.15) is 0 Å². The average Bonchev–Trinajstić information content (AvgIpc) is 3.16. The monoisotopic (exact) mass is 467 g/mol. The lowest BCUT2D eigenvalue weighted by Crippen LogP contribution is -2.21. The van der Waals surface area contributed by atoms with E-state index in [1.807, 2.05) is 48.5 Å². The Hall–Kier alpha value is -3.10. The van der Waals surface area contributed by atoms with Gasteiger partial charge < -0.3 is 4.74 Å². The molecule has 8 heteroatoms. The highest BCUT2D eigenvalue weighted by atomic mass is 79.9. The van der Waals surface area contributed by atoms with E-state index in [2.05, 4.69) is 31.2 Å². The molecule has 0 saturated carbocycles. The minimum absolute atomic E-state index is 0.360. The number of benzene rings is 2. The van der Waals surface area contributed by atoms with E-state index in [9.17, 15) is 9.59 Å². The SMILES string of the molecule is O=C(COC(=O)c1cc(-c2ccccc2)nc2ccccc12)Nc1ncc(Br)s1. The number of pyridine rings is 1. The van der Waals surface area contributed by atoms with Crippen molar-refractivity contribution in [3.05, 3.63) is 76.2 Å². The minimum Gasteiger partial charge on any atom is -0.452 e. The van der Waals surface area contributed by atoms with Crippen molar-refractivity contribution in [1.29, 1.82) is 0 Å². The van der Waals surface area contributed by atoms with Crippen LogP contribution < -0.4 is 5.32 Å². The molecule has 0 saturated heterocycles. The molecular weight excluding hydrogens is 454 g/mol. The number of nitrogens with one attached hydrogen (secondary N) is 1. The number of halogens is 1. The maximum Gasteiger partial charge on any atom is 0.339 e. The van der Waals surface area contributed by atoms with Gasteiger partial charge in [-0.15, -0.1) is 0 Å². The largest absolute Gasteiger partial charge is 0.452 e. The summed E-state index contributed by atoms with van der Waals surface area (Å²) in [6.07, 6.45) is 1.58. The molecule has 0 aliphatic rings. The molecule has 2 aromatic carbocycles. The van der Waals surface area contributed by atoms with E-state index in [0.717, 1.165) is 9.35 Å². The predicted octanol–water partition coefficient (Wildman–Crippen LogP) is 4.92. The van der Waals surface area contributed by atoms with Crippen LogP contribution in [0.25, 0.3) is 22.2 Å². The molecule has 0 fully saturated rings. The standard InChI is InChI=1S/C21H14BrN3O3S/c22-18-11-23-21(29-18)25-19(26)12-28-20(27)15-10-17(13-6-2-1-3-7-13)24-16-9-5-4-8-14(15)16/h1-11H,12H2,(H,23,25,26). The number of aromatic nitrogens is 2. The van der Waals surface area contributed by atoms with Crippen LogP contribution in [-0.4, -0.2) is 28.5 Å². The second-order valence-electron chi connectivity index (χ2n) is 6.03. The number of carbonyl (C=O) groups excluding carboxylic acids is 2. The zero-order valence-electron chi connectivity index (χ0n) is 15.0. The molecule has 29 heavy (non-hydrogen) atoms. The molecular formula is C21H14BrN3O3S. The summed E-state index contributed by atoms with van der Waals surface area (Å²) >= 11 is 4.55. The van der Waals surface area contributed by atoms with Crippen LogP contribution in [0.5, 0.6) is 0 Å². The predicted molar refractivity (Wildman–Crippen MR) is 116 cm³/mol. The molecule has 2 heterocycles. The first-order chi connectivity index (χ1) is 14.1. The lowest BCUT2D eigenvalue weighted by atomic mass is 10.0. The van der Waals surface area contributed by atoms with Crippen molar-refractivity contribution in [3.63, 3.8) is 0 Å². The smallest absolute Gasteiger partial charge is 0.339 e. The molecule has 0 radical (unpaired) electrons. The Bertz CT molecular complexity index is 1190. The number of fused-ring (bicyclic) bond motifs is 1. The summed E-state index contributed by atoms with van der Waals surface area (Å²) < 4.78 is 6.05. The van der Waals surface area contributed by atoms with Gasteiger partial charge in [0.2, 0.25) is 0 Å². The second kappa shape index (κ2) is 8.50. The lowest BCUT2D eigenvalue weighted by Gasteiger charge is -2.10. The van der Waals surface area contributed by atoms with E-state index in [-0.39, 0.29) is 0 Å². The maximum atomic E-state index is 12.8. The molecule has 4 aromatic rings. The number of hydrogen-bond donors (Lipinski definition) is 1. The van der Waals surface area contributed by atoms with Gasteiger partial charge in [0.25, 0.3) is 5.91 Å². The maximum absolute atomic E-state index is 12.8. The van der Waals surface area contributed by atoms with Gasteiger partial charge in [0, 0.05) is 10.9 Å². The average molecular weight is 468 g/mol. The van der Waals surface area contributed by atoms with Crippen molar-refractivity contribution in [2.75, 3.05) is 11.9 Å². The summed E-state index contributed by atoms with van der Waals surface area (Å²) in [5.74, 6) is -1.04. The van der Waals surface area contributed by atoms with Crippen molar-refractivity contribution >= 4 is 55.2 Å². The van der Waals surface area contributed by atoms with Crippen molar-refractivity contribution < 1.29 is 14.3 Å². The fourth-order valence-corrected chi connectivity index (χ4v) is 3.90. The lowest BCUT2D eigenvalue weighted by molar-refractivity contribution is -0.119. The van der Waals surface area contributed by atoms with Crippen molar-refractivity contribution in [2.24, 2.45) is 0 Å². The molecule has 0 spiro atoms. The van der Waals surface area contributed by atoms with Gasteiger partial charge in [-0.05, 0) is 28.1 Å². The third kappa shape index (κ3) is 4.49. The highest BCUT2D eigenvalue weighted by Gasteiger charge is 2.17. The summed E-state index contributed by atoms with van der Waals surface area (Å²) in [4.78, 5) is 33.5. The van der Waals surface area contributed by atoms with Crippen molar-refractivity contribution in [1.82, 2.24) is 9.97 Å². The van der Waals surface area contributed by atoms with Crippen LogP contribution in [0.15, 0.2) is 70.6 Å². The number of thiazole rings is 1. The van der Waals surface area contributed by atoms with Crippen LogP contribution in [-0.2, 0) is 9.53 Å². The highest BCUT2D eigenvalue weighted by molar-refractivity contribution is 9.11. The number of anilines is 1. The van der Waals surface area contributed by atoms with Crippen LogP contribution >= 0.6 is 27.3 Å². The van der Waals surface area contributed by atoms with Gasteiger partial charge in [-0.1, -0.05) is 59.9 Å². The number of carbonyl (C=O) groups is 2. The fourth-order valence-electron chi connectivity index (χ4n) is 2.78. The molecule has 0 aliphatic carbocycles. The van der Waals surface area contributed by atoms with Gasteiger partial charge in [-0.3, -0.25) is 10.1 Å². The van der Waals surface area contributed by atoms with E-state index in [1.54, 1.807) is 18.3 Å². The van der Waals surface area contributed by atoms with Gasteiger partial charge in [-0.25, -0.2) is 14.8 Å². The summed E-state index contributed by atoms with van der Waals surface area (Å²) in [7, 11) is 0. The Balaban J connectivity index is 1.57. The van der Waals surface area contributed by atoms with E-state index in [0.29, 0.717) is 27.3 Å². The van der Waals surface area contributed by atoms with Gasteiger partial charge in [0.15, 0.2) is 11.7 Å². The zero-order valence-corrected chi connectivity index (χ0v) is 17.4. The van der Waals surface area contributed by atoms with E-state index < -0.39 is 18.5 Å². The molecule has 1 N–H and O–H groups in total. The van der Waals surface area contributed by atoms with E-state index in [4.69, 9.17) is 4.74 Å². The Kier molecular flexibility index (Phi) is 5.64. The molecule has 4 rings (SSSR count). The molecule has 6 nitrogen and oxygen atoms in total. The van der Waals surface area contributed by atoms with Crippen LogP contribution in [0.4, 0.5) is 5.13 Å². The topological polar surface area (TPSA) is 81.2 Å². The van der Waals surface area contributed by atoms with Crippen LogP contribution in [0.3, 0.4) is 0 Å². The Labute approximate surface area is 178 Å². The third-order valence-corrected chi connectivity index (χ3v) is 5.46. The molecule has 0 bridgehead atoms. The number of amides is 1. The summed E-state index contributed by atoms with van der Waals surface area (Å²) in [6, 6.07) is 18.6. The Morgan fingerprint density at radius 2 is 1.83 bits per heavy atom. The number of nitrogens with zero attached hydrogens (tertiary/aromatic N) is 2. The second-order valence-corrected chi connectivity index (χ2v) is 8.44.